The van der Waals surface area contributed by atoms with Crippen LogP contribution in [0.5, 0.6) is 0 Å². The molecule has 1 fully saturated rings. The lowest BCUT2D eigenvalue weighted by atomic mass is 10.3. The maximum absolute atomic E-state index is 5.40. The summed E-state index contributed by atoms with van der Waals surface area (Å²) in [6, 6.07) is 8.00. The van der Waals surface area contributed by atoms with Crippen molar-refractivity contribution >= 4 is 28.6 Å². The number of anilines is 3. The fourth-order valence-electron chi connectivity index (χ4n) is 3.43. The summed E-state index contributed by atoms with van der Waals surface area (Å²) in [6.45, 7) is 5.24. The van der Waals surface area contributed by atoms with Crippen LogP contribution in [0, 0.1) is 0 Å². The van der Waals surface area contributed by atoms with Gasteiger partial charge in [-0.3, -0.25) is 4.90 Å². The van der Waals surface area contributed by atoms with Gasteiger partial charge in [-0.1, -0.05) is 0 Å². The Morgan fingerprint density at radius 3 is 2.77 bits per heavy atom. The molecule has 3 N–H and O–H groups in total. The molecule has 0 atom stereocenters. The molecule has 4 aromatic rings. The molecule has 0 radical (unpaired) electrons. The van der Waals surface area contributed by atoms with Crippen molar-refractivity contribution < 1.29 is 4.74 Å². The van der Waals surface area contributed by atoms with Crippen LogP contribution in [0.25, 0.3) is 16.9 Å². The van der Waals surface area contributed by atoms with Crippen molar-refractivity contribution in [3.63, 3.8) is 0 Å². The van der Waals surface area contributed by atoms with Gasteiger partial charge < -0.3 is 24.9 Å². The predicted octanol–water partition coefficient (Wildman–Crippen LogP) is 2.03. The summed E-state index contributed by atoms with van der Waals surface area (Å²) in [4.78, 5) is 23.1. The topological polar surface area (TPSA) is 109 Å². The SMILES string of the molecule is c1cn(-c2ccc(Nc3nc(NCCN4CCOCC4)c4[nH]cnc4n3)cc2)cn1. The quantitative estimate of drug-likeness (QED) is 0.429. The summed E-state index contributed by atoms with van der Waals surface area (Å²) in [5.41, 5.74) is 3.36. The molecule has 1 aliphatic heterocycles. The molecule has 1 saturated heterocycles. The number of imidazole rings is 2. The molecule has 1 aromatic carbocycles. The van der Waals surface area contributed by atoms with E-state index in [2.05, 4.69) is 40.5 Å². The van der Waals surface area contributed by atoms with Gasteiger partial charge in [0.25, 0.3) is 0 Å². The van der Waals surface area contributed by atoms with Gasteiger partial charge in [-0.25, -0.2) is 9.97 Å². The first-order chi connectivity index (χ1) is 14.8. The van der Waals surface area contributed by atoms with Crippen molar-refractivity contribution in [1.29, 1.82) is 0 Å². The highest BCUT2D eigenvalue weighted by Gasteiger charge is 2.12. The lowest BCUT2D eigenvalue weighted by Crippen LogP contribution is -2.39. The minimum Gasteiger partial charge on any atom is -0.379 e. The molecule has 30 heavy (non-hydrogen) atoms. The van der Waals surface area contributed by atoms with Crippen molar-refractivity contribution in [3.05, 3.63) is 49.3 Å². The van der Waals surface area contributed by atoms with E-state index in [0.717, 1.165) is 62.1 Å². The Morgan fingerprint density at radius 1 is 1.10 bits per heavy atom. The summed E-state index contributed by atoms with van der Waals surface area (Å²) in [5.74, 6) is 1.24. The second kappa shape index (κ2) is 8.47. The molecule has 0 amide bonds. The maximum atomic E-state index is 5.40. The molecule has 0 spiro atoms. The largest absolute Gasteiger partial charge is 0.379 e. The van der Waals surface area contributed by atoms with Crippen LogP contribution in [0.3, 0.4) is 0 Å². The Labute approximate surface area is 173 Å². The van der Waals surface area contributed by atoms with Crippen LogP contribution in [-0.2, 0) is 4.74 Å². The smallest absolute Gasteiger partial charge is 0.231 e. The number of ether oxygens (including phenoxy) is 1. The van der Waals surface area contributed by atoms with E-state index in [9.17, 15) is 0 Å². The van der Waals surface area contributed by atoms with E-state index < -0.39 is 0 Å². The van der Waals surface area contributed by atoms with Crippen LogP contribution < -0.4 is 10.6 Å². The number of aromatic nitrogens is 6. The number of H-pyrrole nitrogens is 1. The highest BCUT2D eigenvalue weighted by molar-refractivity contribution is 5.84. The predicted molar refractivity (Wildman–Crippen MR) is 114 cm³/mol. The average molecular weight is 405 g/mol. The van der Waals surface area contributed by atoms with Crippen LogP contribution in [0.1, 0.15) is 0 Å². The zero-order chi connectivity index (χ0) is 20.2. The van der Waals surface area contributed by atoms with Crippen molar-refractivity contribution in [1.82, 2.24) is 34.4 Å². The highest BCUT2D eigenvalue weighted by Crippen LogP contribution is 2.22. The fourth-order valence-corrected chi connectivity index (χ4v) is 3.43. The molecule has 10 nitrogen and oxygen atoms in total. The van der Waals surface area contributed by atoms with E-state index in [4.69, 9.17) is 4.74 Å². The summed E-state index contributed by atoms with van der Waals surface area (Å²) >= 11 is 0. The number of hydrogen-bond acceptors (Lipinski definition) is 8. The van der Waals surface area contributed by atoms with E-state index in [1.807, 2.05) is 35.0 Å². The molecule has 0 aliphatic carbocycles. The molecule has 154 valence electrons. The standard InChI is InChI=1S/C20H23N9O/c1-3-16(29-8-5-21-14-29)4-2-15(1)25-20-26-18(17-19(27-20)24-13-23-17)22-6-7-28-9-11-30-12-10-28/h1-5,8,13-14H,6-7,9-12H2,(H3,22,23,24,25,26,27). The van der Waals surface area contributed by atoms with E-state index in [1.54, 1.807) is 18.9 Å². The van der Waals surface area contributed by atoms with Gasteiger partial charge in [0.05, 0.1) is 25.9 Å². The van der Waals surface area contributed by atoms with Crippen molar-refractivity contribution in [2.24, 2.45) is 0 Å². The third kappa shape index (κ3) is 4.09. The second-order valence-corrected chi connectivity index (χ2v) is 7.02. The molecule has 1 aliphatic rings. The number of nitrogens with zero attached hydrogens (tertiary/aromatic N) is 6. The van der Waals surface area contributed by atoms with Gasteiger partial charge in [0.2, 0.25) is 5.95 Å². The number of benzene rings is 1. The normalized spacial score (nSPS) is 14.8. The van der Waals surface area contributed by atoms with Crippen LogP contribution in [-0.4, -0.2) is 73.8 Å². The Hall–Kier alpha value is -3.50. The maximum Gasteiger partial charge on any atom is 0.231 e. The first-order valence-electron chi connectivity index (χ1n) is 9.96. The van der Waals surface area contributed by atoms with Gasteiger partial charge in [0, 0.05) is 49.9 Å². The monoisotopic (exact) mass is 405 g/mol. The molecule has 5 rings (SSSR count). The van der Waals surface area contributed by atoms with E-state index in [0.29, 0.717) is 11.6 Å². The minimum absolute atomic E-state index is 0.499. The van der Waals surface area contributed by atoms with E-state index in [1.165, 1.54) is 0 Å². The Kier molecular flexibility index (Phi) is 5.23. The second-order valence-electron chi connectivity index (χ2n) is 7.02. The number of morpholine rings is 1. The summed E-state index contributed by atoms with van der Waals surface area (Å²) in [7, 11) is 0. The molecule has 4 heterocycles. The molecule has 3 aromatic heterocycles. The van der Waals surface area contributed by atoms with Crippen molar-refractivity contribution in [3.8, 4) is 5.69 Å². The van der Waals surface area contributed by atoms with Gasteiger partial charge in [-0.15, -0.1) is 0 Å². The zero-order valence-electron chi connectivity index (χ0n) is 16.5. The summed E-state index contributed by atoms with van der Waals surface area (Å²) in [6.07, 6.45) is 7.07. The number of rotatable bonds is 7. The molecule has 10 heteroatoms. The van der Waals surface area contributed by atoms with Gasteiger partial charge in [0.15, 0.2) is 11.5 Å². The lowest BCUT2D eigenvalue weighted by molar-refractivity contribution is 0.0398. The van der Waals surface area contributed by atoms with E-state index >= 15 is 0 Å². The van der Waals surface area contributed by atoms with Crippen LogP contribution in [0.2, 0.25) is 0 Å². The zero-order valence-corrected chi connectivity index (χ0v) is 16.5. The van der Waals surface area contributed by atoms with Gasteiger partial charge in [0.1, 0.15) is 5.52 Å². The lowest BCUT2D eigenvalue weighted by Gasteiger charge is -2.26. The van der Waals surface area contributed by atoms with Crippen LogP contribution in [0.4, 0.5) is 17.5 Å². The summed E-state index contributed by atoms with van der Waals surface area (Å²) in [5, 5.41) is 6.69. The molecule has 0 unspecified atom stereocenters. The van der Waals surface area contributed by atoms with Crippen molar-refractivity contribution in [2.45, 2.75) is 0 Å². The van der Waals surface area contributed by atoms with Crippen LogP contribution >= 0.6 is 0 Å². The van der Waals surface area contributed by atoms with Gasteiger partial charge >= 0.3 is 0 Å². The third-order valence-electron chi connectivity index (χ3n) is 5.04. The molecular formula is C20H23N9O. The van der Waals surface area contributed by atoms with Gasteiger partial charge in [-0.2, -0.15) is 9.97 Å². The average Bonchev–Trinajstić information content (AvgIpc) is 3.47. The molecule has 0 bridgehead atoms. The Morgan fingerprint density at radius 2 is 1.97 bits per heavy atom. The molecular weight excluding hydrogens is 382 g/mol. The molecule has 0 saturated carbocycles. The highest BCUT2D eigenvalue weighted by atomic mass is 16.5. The van der Waals surface area contributed by atoms with Crippen molar-refractivity contribution in [2.75, 3.05) is 50.0 Å². The number of aromatic amines is 1. The number of hydrogen-bond donors (Lipinski definition) is 3. The first-order valence-corrected chi connectivity index (χ1v) is 9.96. The number of fused-ring (bicyclic) bond motifs is 1. The fraction of sp³-hybridized carbons (Fsp3) is 0.300. The number of nitrogens with one attached hydrogen (secondary N) is 3. The van der Waals surface area contributed by atoms with Gasteiger partial charge in [-0.05, 0) is 24.3 Å². The summed E-state index contributed by atoms with van der Waals surface area (Å²) < 4.78 is 7.35. The van der Waals surface area contributed by atoms with Crippen LogP contribution in [0.15, 0.2) is 49.3 Å². The third-order valence-corrected chi connectivity index (χ3v) is 5.04. The van der Waals surface area contributed by atoms with E-state index in [-0.39, 0.29) is 0 Å². The Bertz CT molecular complexity index is 1090. The Balaban J connectivity index is 1.29. The minimum atomic E-state index is 0.499. The first kappa shape index (κ1) is 18.5.